The highest BCUT2D eigenvalue weighted by Gasteiger charge is 2.16. The molecule has 0 spiro atoms. The zero-order chi connectivity index (χ0) is 16.4. The Morgan fingerprint density at radius 3 is 2.52 bits per heavy atom. The Balaban J connectivity index is 1.83. The van der Waals surface area contributed by atoms with E-state index in [4.69, 9.17) is 0 Å². The molecule has 120 valence electrons. The fourth-order valence-corrected chi connectivity index (χ4v) is 4.16. The number of halogens is 1. The second kappa shape index (κ2) is 6.84. The fraction of sp³-hybridized carbons (Fsp3) is 0.294. The first kappa shape index (κ1) is 16.2. The normalized spacial score (nSPS) is 11.1. The fourth-order valence-electron chi connectivity index (χ4n) is 2.34. The lowest BCUT2D eigenvalue weighted by atomic mass is 10.1. The van der Waals surface area contributed by atoms with Crippen LogP contribution in [0.5, 0.6) is 0 Å². The molecular formula is C17H18FN3S2. The molecule has 0 N–H and O–H groups in total. The maximum Gasteiger partial charge on any atom is 0.191 e. The number of aromatic nitrogens is 3. The topological polar surface area (TPSA) is 30.7 Å². The highest BCUT2D eigenvalue weighted by atomic mass is 32.2. The SMILES string of the molecule is CCn1c(SCc2ccc(F)cc2)nnc1-c1csc(C)c1C. The van der Waals surface area contributed by atoms with Gasteiger partial charge in [-0.2, -0.15) is 0 Å². The Kier molecular flexibility index (Phi) is 4.82. The quantitative estimate of drug-likeness (QED) is 0.603. The zero-order valence-corrected chi connectivity index (χ0v) is 15.0. The molecule has 0 aliphatic heterocycles. The molecule has 0 radical (unpaired) electrons. The molecule has 0 saturated carbocycles. The summed E-state index contributed by atoms with van der Waals surface area (Å²) in [5, 5.41) is 11.8. The van der Waals surface area contributed by atoms with E-state index < -0.39 is 0 Å². The van der Waals surface area contributed by atoms with E-state index in [1.54, 1.807) is 23.1 Å². The number of thioether (sulfide) groups is 1. The van der Waals surface area contributed by atoms with E-state index in [1.165, 1.54) is 22.6 Å². The molecule has 0 bridgehead atoms. The molecule has 1 aromatic carbocycles. The van der Waals surface area contributed by atoms with Crippen LogP contribution in [0.1, 0.15) is 22.9 Å². The molecule has 23 heavy (non-hydrogen) atoms. The second-order valence-corrected chi connectivity index (χ2v) is 7.32. The van der Waals surface area contributed by atoms with Gasteiger partial charge in [-0.3, -0.25) is 0 Å². The van der Waals surface area contributed by atoms with E-state index in [2.05, 4.69) is 40.9 Å². The molecular weight excluding hydrogens is 329 g/mol. The van der Waals surface area contributed by atoms with E-state index >= 15 is 0 Å². The third-order valence-electron chi connectivity index (χ3n) is 3.84. The average molecular weight is 347 g/mol. The van der Waals surface area contributed by atoms with Crippen molar-refractivity contribution in [3.63, 3.8) is 0 Å². The van der Waals surface area contributed by atoms with Gasteiger partial charge in [0.1, 0.15) is 5.82 Å². The first-order valence-corrected chi connectivity index (χ1v) is 9.32. The molecule has 0 saturated heterocycles. The van der Waals surface area contributed by atoms with Crippen LogP contribution < -0.4 is 0 Å². The molecule has 0 aliphatic carbocycles. The van der Waals surface area contributed by atoms with Gasteiger partial charge in [0.15, 0.2) is 11.0 Å². The van der Waals surface area contributed by atoms with E-state index in [9.17, 15) is 4.39 Å². The largest absolute Gasteiger partial charge is 0.302 e. The Morgan fingerprint density at radius 2 is 1.91 bits per heavy atom. The van der Waals surface area contributed by atoms with Gasteiger partial charge in [-0.1, -0.05) is 23.9 Å². The van der Waals surface area contributed by atoms with Crippen LogP contribution in [0.15, 0.2) is 34.8 Å². The number of benzene rings is 1. The average Bonchev–Trinajstić information content (AvgIpc) is 3.10. The van der Waals surface area contributed by atoms with Gasteiger partial charge in [-0.15, -0.1) is 21.5 Å². The lowest BCUT2D eigenvalue weighted by Crippen LogP contribution is -2.00. The summed E-state index contributed by atoms with van der Waals surface area (Å²) in [5.41, 5.74) is 3.51. The van der Waals surface area contributed by atoms with Gasteiger partial charge in [-0.25, -0.2) is 4.39 Å². The minimum atomic E-state index is -0.207. The maximum absolute atomic E-state index is 13.0. The molecule has 6 heteroatoms. The summed E-state index contributed by atoms with van der Waals surface area (Å²) in [6.07, 6.45) is 0. The van der Waals surface area contributed by atoms with Crippen molar-refractivity contribution in [2.45, 2.75) is 38.2 Å². The van der Waals surface area contributed by atoms with Crippen molar-refractivity contribution in [1.82, 2.24) is 14.8 Å². The third-order valence-corrected chi connectivity index (χ3v) is 5.89. The first-order chi connectivity index (χ1) is 11.1. The van der Waals surface area contributed by atoms with Gasteiger partial charge in [0, 0.05) is 28.1 Å². The minimum Gasteiger partial charge on any atom is -0.302 e. The predicted octanol–water partition coefficient (Wildman–Crippen LogP) is 5.07. The predicted molar refractivity (Wildman–Crippen MR) is 94.4 cm³/mol. The summed E-state index contributed by atoms with van der Waals surface area (Å²) >= 11 is 3.37. The van der Waals surface area contributed by atoms with Gasteiger partial charge >= 0.3 is 0 Å². The monoisotopic (exact) mass is 347 g/mol. The number of thiophene rings is 1. The minimum absolute atomic E-state index is 0.207. The highest BCUT2D eigenvalue weighted by molar-refractivity contribution is 7.98. The number of hydrogen-bond donors (Lipinski definition) is 0. The highest BCUT2D eigenvalue weighted by Crippen LogP contribution is 2.32. The Morgan fingerprint density at radius 1 is 1.17 bits per heavy atom. The van der Waals surface area contributed by atoms with Crippen molar-refractivity contribution in [2.24, 2.45) is 0 Å². The Labute approximate surface area is 143 Å². The zero-order valence-electron chi connectivity index (χ0n) is 13.3. The summed E-state index contributed by atoms with van der Waals surface area (Å²) in [4.78, 5) is 1.31. The first-order valence-electron chi connectivity index (χ1n) is 7.45. The summed E-state index contributed by atoms with van der Waals surface area (Å²) in [5.74, 6) is 1.47. The molecule has 2 heterocycles. The van der Waals surface area contributed by atoms with E-state index in [-0.39, 0.29) is 5.82 Å². The van der Waals surface area contributed by atoms with Crippen molar-refractivity contribution < 1.29 is 4.39 Å². The van der Waals surface area contributed by atoms with Crippen LogP contribution in [0.4, 0.5) is 4.39 Å². The molecule has 0 amide bonds. The molecule has 0 aliphatic rings. The van der Waals surface area contributed by atoms with E-state index in [0.717, 1.165) is 34.4 Å². The van der Waals surface area contributed by atoms with Crippen LogP contribution in [0, 0.1) is 19.7 Å². The van der Waals surface area contributed by atoms with Crippen molar-refractivity contribution in [2.75, 3.05) is 0 Å². The molecule has 0 atom stereocenters. The number of rotatable bonds is 5. The summed E-state index contributed by atoms with van der Waals surface area (Å²) < 4.78 is 15.1. The standard InChI is InChI=1S/C17H18FN3S2/c1-4-21-16(15-10-22-12(3)11(15)2)19-20-17(21)23-9-13-5-7-14(18)8-6-13/h5-8,10H,4,9H2,1-3H3. The van der Waals surface area contributed by atoms with Crippen LogP contribution in [-0.2, 0) is 12.3 Å². The smallest absolute Gasteiger partial charge is 0.191 e. The molecule has 3 nitrogen and oxygen atoms in total. The van der Waals surface area contributed by atoms with Gasteiger partial charge < -0.3 is 4.57 Å². The van der Waals surface area contributed by atoms with Crippen molar-refractivity contribution >= 4 is 23.1 Å². The summed E-state index contributed by atoms with van der Waals surface area (Å²) in [6.45, 7) is 7.17. The van der Waals surface area contributed by atoms with Gasteiger partial charge in [0.05, 0.1) is 0 Å². The van der Waals surface area contributed by atoms with E-state index in [0.29, 0.717) is 0 Å². The molecule has 3 rings (SSSR count). The Hall–Kier alpha value is -1.66. The summed E-state index contributed by atoms with van der Waals surface area (Å²) in [6, 6.07) is 6.59. The van der Waals surface area contributed by atoms with Gasteiger partial charge in [-0.05, 0) is 44.0 Å². The van der Waals surface area contributed by atoms with Crippen LogP contribution in [-0.4, -0.2) is 14.8 Å². The third kappa shape index (κ3) is 3.33. The second-order valence-electron chi connectivity index (χ2n) is 5.30. The van der Waals surface area contributed by atoms with E-state index in [1.807, 2.05) is 12.1 Å². The molecule has 0 unspecified atom stereocenters. The maximum atomic E-state index is 13.0. The lowest BCUT2D eigenvalue weighted by molar-refractivity contribution is 0.627. The van der Waals surface area contributed by atoms with Crippen LogP contribution in [0.3, 0.4) is 0 Å². The van der Waals surface area contributed by atoms with Crippen molar-refractivity contribution in [3.8, 4) is 11.4 Å². The molecule has 0 fully saturated rings. The molecule has 3 aromatic rings. The summed E-state index contributed by atoms with van der Waals surface area (Å²) in [7, 11) is 0. The van der Waals surface area contributed by atoms with Crippen LogP contribution >= 0.6 is 23.1 Å². The molecule has 2 aromatic heterocycles. The van der Waals surface area contributed by atoms with Crippen molar-refractivity contribution in [3.05, 3.63) is 51.5 Å². The Bertz CT molecular complexity index is 806. The lowest BCUT2D eigenvalue weighted by Gasteiger charge is -2.07. The number of aryl methyl sites for hydroxylation is 1. The van der Waals surface area contributed by atoms with Crippen molar-refractivity contribution in [1.29, 1.82) is 0 Å². The number of nitrogens with zero attached hydrogens (tertiary/aromatic N) is 3. The van der Waals surface area contributed by atoms with Crippen LogP contribution in [0.2, 0.25) is 0 Å². The number of hydrogen-bond acceptors (Lipinski definition) is 4. The van der Waals surface area contributed by atoms with Gasteiger partial charge in [0.25, 0.3) is 0 Å². The van der Waals surface area contributed by atoms with Crippen LogP contribution in [0.25, 0.3) is 11.4 Å². The van der Waals surface area contributed by atoms with Gasteiger partial charge in [0.2, 0.25) is 0 Å².